The summed E-state index contributed by atoms with van der Waals surface area (Å²) in [6, 6.07) is 3.47. The number of furan rings is 1. The first kappa shape index (κ1) is 19.3. The fourth-order valence-electron chi connectivity index (χ4n) is 3.24. The minimum absolute atomic E-state index is 0.134. The average molecular weight is 346 g/mol. The fourth-order valence-corrected chi connectivity index (χ4v) is 3.24. The Kier molecular flexibility index (Phi) is 6.09. The van der Waals surface area contributed by atoms with Crippen LogP contribution in [0, 0.1) is 5.41 Å². The average Bonchev–Trinajstić information content (AvgIpc) is 2.98. The van der Waals surface area contributed by atoms with Crippen LogP contribution in [-0.2, 0) is 11.3 Å². The summed E-state index contributed by atoms with van der Waals surface area (Å²) >= 11 is 0. The Labute approximate surface area is 150 Å². The van der Waals surface area contributed by atoms with Crippen LogP contribution in [0.2, 0.25) is 0 Å². The van der Waals surface area contributed by atoms with E-state index in [1.807, 2.05) is 4.90 Å². The van der Waals surface area contributed by atoms with E-state index < -0.39 is 0 Å². The fraction of sp³-hybridized carbons (Fsp3) is 0.600. The number of hydrogen-bond acceptors (Lipinski definition) is 3. The van der Waals surface area contributed by atoms with E-state index in [0.29, 0.717) is 24.5 Å². The van der Waals surface area contributed by atoms with E-state index in [1.54, 1.807) is 26.2 Å². The predicted octanol–water partition coefficient (Wildman–Crippen LogP) is 3.86. The number of carbonyl (C=O) groups excluding carboxylic acids is 2. The van der Waals surface area contributed by atoms with Gasteiger partial charge in [-0.25, -0.2) is 0 Å². The van der Waals surface area contributed by atoms with Crippen LogP contribution in [0.5, 0.6) is 0 Å². The SMILES string of the molecule is CC(C)=CCC[C@@]1(C)CCC(=O)N(Cc2ccc(C(=O)N(C)C)o2)C1. The van der Waals surface area contributed by atoms with Crippen LogP contribution in [-0.4, -0.2) is 42.3 Å². The van der Waals surface area contributed by atoms with E-state index in [9.17, 15) is 9.59 Å². The zero-order valence-corrected chi connectivity index (χ0v) is 16.1. The molecule has 1 atom stereocenters. The molecule has 1 aliphatic heterocycles. The van der Waals surface area contributed by atoms with E-state index in [0.717, 1.165) is 25.8 Å². The lowest BCUT2D eigenvalue weighted by Gasteiger charge is -2.40. The van der Waals surface area contributed by atoms with Gasteiger partial charge in [-0.3, -0.25) is 9.59 Å². The number of allylic oxidation sites excluding steroid dienone is 2. The van der Waals surface area contributed by atoms with Crippen LogP contribution in [0.15, 0.2) is 28.2 Å². The zero-order chi connectivity index (χ0) is 18.6. The van der Waals surface area contributed by atoms with Crippen LogP contribution in [0.1, 0.15) is 62.8 Å². The van der Waals surface area contributed by atoms with Crippen molar-refractivity contribution in [2.45, 2.75) is 53.0 Å². The molecular weight excluding hydrogens is 316 g/mol. The van der Waals surface area contributed by atoms with E-state index in [1.165, 1.54) is 10.5 Å². The molecule has 1 saturated heterocycles. The summed E-state index contributed by atoms with van der Waals surface area (Å²) in [6.07, 6.45) is 5.89. The highest BCUT2D eigenvalue weighted by Gasteiger charge is 2.34. The molecule has 5 nitrogen and oxygen atoms in total. The van der Waals surface area contributed by atoms with Crippen molar-refractivity contribution < 1.29 is 14.0 Å². The topological polar surface area (TPSA) is 53.8 Å². The Morgan fingerprint density at radius 2 is 2.08 bits per heavy atom. The van der Waals surface area contributed by atoms with Gasteiger partial charge in [0.25, 0.3) is 5.91 Å². The smallest absolute Gasteiger partial charge is 0.289 e. The maximum atomic E-state index is 12.3. The van der Waals surface area contributed by atoms with E-state index in [-0.39, 0.29) is 17.2 Å². The Bertz CT molecular complexity index is 656. The molecule has 2 rings (SSSR count). The van der Waals surface area contributed by atoms with Crippen molar-refractivity contribution in [3.05, 3.63) is 35.3 Å². The van der Waals surface area contributed by atoms with Gasteiger partial charge in [0.15, 0.2) is 5.76 Å². The molecule has 2 amide bonds. The Hall–Kier alpha value is -2.04. The second-order valence-electron chi connectivity index (χ2n) is 7.85. The number of nitrogens with zero attached hydrogens (tertiary/aromatic N) is 2. The van der Waals surface area contributed by atoms with Crippen molar-refractivity contribution in [1.29, 1.82) is 0 Å². The van der Waals surface area contributed by atoms with Gasteiger partial charge in [-0.2, -0.15) is 0 Å². The highest BCUT2D eigenvalue weighted by molar-refractivity contribution is 5.91. The first-order valence-corrected chi connectivity index (χ1v) is 8.92. The van der Waals surface area contributed by atoms with Gasteiger partial charge in [-0.05, 0) is 50.7 Å². The van der Waals surface area contributed by atoms with Gasteiger partial charge in [0.1, 0.15) is 5.76 Å². The van der Waals surface area contributed by atoms with E-state index >= 15 is 0 Å². The molecule has 1 fully saturated rings. The molecule has 0 bridgehead atoms. The summed E-state index contributed by atoms with van der Waals surface area (Å²) in [6.45, 7) is 7.65. The lowest BCUT2D eigenvalue weighted by atomic mass is 9.77. The largest absolute Gasteiger partial charge is 0.454 e. The molecule has 1 aromatic rings. The van der Waals surface area contributed by atoms with Crippen molar-refractivity contribution in [1.82, 2.24) is 9.80 Å². The van der Waals surface area contributed by atoms with Crippen molar-refractivity contribution >= 4 is 11.8 Å². The second kappa shape index (κ2) is 7.89. The Morgan fingerprint density at radius 1 is 1.36 bits per heavy atom. The quantitative estimate of drug-likeness (QED) is 0.735. The van der Waals surface area contributed by atoms with Crippen molar-refractivity contribution in [2.75, 3.05) is 20.6 Å². The van der Waals surface area contributed by atoms with Gasteiger partial charge in [0, 0.05) is 27.1 Å². The van der Waals surface area contributed by atoms with Crippen LogP contribution in [0.3, 0.4) is 0 Å². The third-order valence-electron chi connectivity index (χ3n) is 4.79. The molecule has 1 aromatic heterocycles. The highest BCUT2D eigenvalue weighted by Crippen LogP contribution is 2.35. The minimum Gasteiger partial charge on any atom is -0.454 e. The van der Waals surface area contributed by atoms with Crippen molar-refractivity contribution in [3.63, 3.8) is 0 Å². The first-order chi connectivity index (χ1) is 11.7. The molecule has 0 radical (unpaired) electrons. The molecule has 0 aliphatic carbocycles. The second-order valence-corrected chi connectivity index (χ2v) is 7.85. The molecule has 25 heavy (non-hydrogen) atoms. The number of hydrogen-bond donors (Lipinski definition) is 0. The van der Waals surface area contributed by atoms with Gasteiger partial charge in [-0.1, -0.05) is 18.6 Å². The van der Waals surface area contributed by atoms with E-state index in [2.05, 4.69) is 26.8 Å². The summed E-state index contributed by atoms with van der Waals surface area (Å²) in [5.74, 6) is 0.974. The van der Waals surface area contributed by atoms with Crippen LogP contribution >= 0.6 is 0 Å². The van der Waals surface area contributed by atoms with Gasteiger partial charge < -0.3 is 14.2 Å². The molecular formula is C20H30N2O3. The van der Waals surface area contributed by atoms with E-state index in [4.69, 9.17) is 4.42 Å². The molecule has 0 saturated carbocycles. The summed E-state index contributed by atoms with van der Waals surface area (Å²) in [5.41, 5.74) is 1.47. The monoisotopic (exact) mass is 346 g/mol. The maximum Gasteiger partial charge on any atom is 0.289 e. The molecule has 0 N–H and O–H groups in total. The zero-order valence-electron chi connectivity index (χ0n) is 16.1. The third-order valence-corrected chi connectivity index (χ3v) is 4.79. The molecule has 5 heteroatoms. The summed E-state index contributed by atoms with van der Waals surface area (Å²) in [5, 5.41) is 0. The number of likely N-dealkylation sites (tertiary alicyclic amines) is 1. The van der Waals surface area contributed by atoms with Gasteiger partial charge in [-0.15, -0.1) is 0 Å². The summed E-state index contributed by atoms with van der Waals surface area (Å²) < 4.78 is 5.64. The number of rotatable bonds is 6. The highest BCUT2D eigenvalue weighted by atomic mass is 16.4. The van der Waals surface area contributed by atoms with Gasteiger partial charge in [0.2, 0.25) is 5.91 Å². The predicted molar refractivity (Wildman–Crippen MR) is 98.1 cm³/mol. The first-order valence-electron chi connectivity index (χ1n) is 8.92. The van der Waals surface area contributed by atoms with Crippen LogP contribution < -0.4 is 0 Å². The molecule has 0 aromatic carbocycles. The van der Waals surface area contributed by atoms with Crippen LogP contribution in [0.25, 0.3) is 0 Å². The summed E-state index contributed by atoms with van der Waals surface area (Å²) in [7, 11) is 3.38. The molecule has 1 aliphatic rings. The molecule has 0 spiro atoms. The molecule has 2 heterocycles. The Balaban J connectivity index is 2.01. The standard InChI is InChI=1S/C20H30N2O3/c1-15(2)7-6-11-20(3)12-10-18(23)22(14-20)13-16-8-9-17(25-16)19(24)21(4)5/h7-9H,6,10-14H2,1-5H3/t20-/m0/s1. The summed E-state index contributed by atoms with van der Waals surface area (Å²) in [4.78, 5) is 27.6. The minimum atomic E-state index is -0.164. The lowest BCUT2D eigenvalue weighted by molar-refractivity contribution is -0.138. The van der Waals surface area contributed by atoms with Crippen molar-refractivity contribution in [2.24, 2.45) is 5.41 Å². The molecule has 138 valence electrons. The third kappa shape index (κ3) is 5.21. The normalized spacial score (nSPS) is 20.5. The number of piperidine rings is 1. The van der Waals surface area contributed by atoms with Gasteiger partial charge >= 0.3 is 0 Å². The number of carbonyl (C=O) groups is 2. The van der Waals surface area contributed by atoms with Crippen LogP contribution in [0.4, 0.5) is 0 Å². The number of amides is 2. The lowest BCUT2D eigenvalue weighted by Crippen LogP contribution is -2.44. The molecule has 0 unspecified atom stereocenters. The van der Waals surface area contributed by atoms with Gasteiger partial charge in [0.05, 0.1) is 6.54 Å². The van der Waals surface area contributed by atoms with Crippen molar-refractivity contribution in [3.8, 4) is 0 Å². The Morgan fingerprint density at radius 3 is 2.72 bits per heavy atom. The maximum absolute atomic E-state index is 12.3.